The highest BCUT2D eigenvalue weighted by Gasteiger charge is 2.21. The maximum atomic E-state index is 4.45. The Labute approximate surface area is 103 Å². The molecule has 2 heterocycles. The Hall–Kier alpha value is -1.00. The fraction of sp³-hybridized carbons (Fsp3) is 0.692. The molecule has 1 unspecified atom stereocenters. The highest BCUT2D eigenvalue weighted by atomic mass is 15.2. The minimum absolute atomic E-state index is 0.665. The van der Waals surface area contributed by atoms with Gasteiger partial charge in [-0.1, -0.05) is 6.92 Å². The van der Waals surface area contributed by atoms with Gasteiger partial charge < -0.3 is 5.32 Å². The van der Waals surface area contributed by atoms with Gasteiger partial charge in [0.1, 0.15) is 5.82 Å². The molecule has 1 aliphatic rings. The number of hydrogen-bond donors (Lipinski definition) is 1. The van der Waals surface area contributed by atoms with Crippen LogP contribution in [0.15, 0.2) is 12.3 Å². The molecule has 0 saturated carbocycles. The molecular formula is C13H22N4. The lowest BCUT2D eigenvalue weighted by atomic mass is 10.2. The van der Waals surface area contributed by atoms with Crippen LogP contribution in [-0.4, -0.2) is 40.5 Å². The Morgan fingerprint density at radius 1 is 1.53 bits per heavy atom. The minimum atomic E-state index is 0.665. The van der Waals surface area contributed by atoms with Crippen LogP contribution in [0.2, 0.25) is 0 Å². The lowest BCUT2D eigenvalue weighted by molar-refractivity contribution is 0.316. The molecule has 1 atom stereocenters. The van der Waals surface area contributed by atoms with E-state index in [1.165, 1.54) is 19.4 Å². The molecule has 1 aromatic rings. The summed E-state index contributed by atoms with van der Waals surface area (Å²) in [5, 5.41) is 3.58. The number of aromatic nitrogens is 2. The summed E-state index contributed by atoms with van der Waals surface area (Å²) < 4.78 is 0. The van der Waals surface area contributed by atoms with E-state index >= 15 is 0 Å². The second-order valence-corrected chi connectivity index (χ2v) is 4.77. The maximum Gasteiger partial charge on any atom is 0.125 e. The highest BCUT2D eigenvalue weighted by Crippen LogP contribution is 2.12. The van der Waals surface area contributed by atoms with Crippen molar-refractivity contribution in [2.24, 2.45) is 0 Å². The van der Waals surface area contributed by atoms with Crippen molar-refractivity contribution in [3.05, 3.63) is 23.8 Å². The van der Waals surface area contributed by atoms with Crippen molar-refractivity contribution in [1.82, 2.24) is 20.2 Å². The number of rotatable bonds is 5. The summed E-state index contributed by atoms with van der Waals surface area (Å²) in [4.78, 5) is 11.0. The summed E-state index contributed by atoms with van der Waals surface area (Å²) in [6.07, 6.45) is 4.31. The van der Waals surface area contributed by atoms with Crippen molar-refractivity contribution in [3.63, 3.8) is 0 Å². The van der Waals surface area contributed by atoms with E-state index in [9.17, 15) is 0 Å². The zero-order chi connectivity index (χ0) is 12.1. The predicted octanol–water partition coefficient (Wildman–Crippen LogP) is 1.36. The fourth-order valence-electron chi connectivity index (χ4n) is 2.31. The molecular weight excluding hydrogens is 212 g/mol. The monoisotopic (exact) mass is 234 g/mol. The highest BCUT2D eigenvalue weighted by molar-refractivity contribution is 5.02. The van der Waals surface area contributed by atoms with Crippen molar-refractivity contribution >= 4 is 0 Å². The third-order valence-electron chi connectivity index (χ3n) is 3.17. The molecule has 0 spiro atoms. The first-order valence-corrected chi connectivity index (χ1v) is 6.52. The summed E-state index contributed by atoms with van der Waals surface area (Å²) >= 11 is 0. The summed E-state index contributed by atoms with van der Waals surface area (Å²) in [7, 11) is 0. The molecule has 1 saturated heterocycles. The Balaban J connectivity index is 1.81. The van der Waals surface area contributed by atoms with E-state index in [4.69, 9.17) is 0 Å². The lowest BCUT2D eigenvalue weighted by Crippen LogP contribution is -2.32. The molecule has 94 valence electrons. The Morgan fingerprint density at radius 2 is 2.41 bits per heavy atom. The second-order valence-electron chi connectivity index (χ2n) is 4.77. The number of nitrogens with zero attached hydrogens (tertiary/aromatic N) is 3. The largest absolute Gasteiger partial charge is 0.313 e. The molecule has 1 aliphatic heterocycles. The van der Waals surface area contributed by atoms with Gasteiger partial charge in [0, 0.05) is 31.9 Å². The van der Waals surface area contributed by atoms with Crippen LogP contribution in [0.4, 0.5) is 0 Å². The van der Waals surface area contributed by atoms with Crippen LogP contribution in [0.3, 0.4) is 0 Å². The molecule has 0 aliphatic carbocycles. The van der Waals surface area contributed by atoms with E-state index in [0.29, 0.717) is 6.04 Å². The SMILES string of the molecule is CCCNC1CCN(Cc2ccnc(C)n2)C1. The van der Waals surface area contributed by atoms with E-state index in [1.54, 1.807) is 0 Å². The van der Waals surface area contributed by atoms with Crippen LogP contribution in [0, 0.1) is 6.92 Å². The van der Waals surface area contributed by atoms with Gasteiger partial charge in [0.25, 0.3) is 0 Å². The van der Waals surface area contributed by atoms with Gasteiger partial charge in [0.15, 0.2) is 0 Å². The predicted molar refractivity (Wildman–Crippen MR) is 68.7 cm³/mol. The zero-order valence-corrected chi connectivity index (χ0v) is 10.8. The van der Waals surface area contributed by atoms with Crippen molar-refractivity contribution in [1.29, 1.82) is 0 Å². The molecule has 0 radical (unpaired) electrons. The smallest absolute Gasteiger partial charge is 0.125 e. The third kappa shape index (κ3) is 3.75. The van der Waals surface area contributed by atoms with Crippen molar-refractivity contribution < 1.29 is 0 Å². The summed E-state index contributed by atoms with van der Waals surface area (Å²) in [6.45, 7) is 8.55. The molecule has 1 N–H and O–H groups in total. The first-order chi connectivity index (χ1) is 8.28. The van der Waals surface area contributed by atoms with Crippen LogP contribution >= 0.6 is 0 Å². The van der Waals surface area contributed by atoms with E-state index in [2.05, 4.69) is 27.1 Å². The third-order valence-corrected chi connectivity index (χ3v) is 3.17. The summed E-state index contributed by atoms with van der Waals surface area (Å²) in [5.74, 6) is 0.863. The topological polar surface area (TPSA) is 41.0 Å². The van der Waals surface area contributed by atoms with Gasteiger partial charge >= 0.3 is 0 Å². The molecule has 17 heavy (non-hydrogen) atoms. The van der Waals surface area contributed by atoms with Gasteiger partial charge in [-0.2, -0.15) is 0 Å². The number of aryl methyl sites for hydroxylation is 1. The zero-order valence-electron chi connectivity index (χ0n) is 10.8. The van der Waals surface area contributed by atoms with Gasteiger partial charge in [-0.05, 0) is 32.4 Å². The standard InChI is InChI=1S/C13H22N4/c1-3-6-15-12-5-8-17(9-12)10-13-4-7-14-11(2)16-13/h4,7,12,15H,3,5-6,8-10H2,1-2H3. The molecule has 2 rings (SSSR count). The van der Waals surface area contributed by atoms with Gasteiger partial charge in [-0.3, -0.25) is 4.90 Å². The van der Waals surface area contributed by atoms with Crippen LogP contribution in [0.5, 0.6) is 0 Å². The van der Waals surface area contributed by atoms with Crippen LogP contribution in [0.25, 0.3) is 0 Å². The summed E-state index contributed by atoms with van der Waals surface area (Å²) in [6, 6.07) is 2.68. The van der Waals surface area contributed by atoms with Gasteiger partial charge in [0.05, 0.1) is 5.69 Å². The van der Waals surface area contributed by atoms with Gasteiger partial charge in [-0.25, -0.2) is 9.97 Å². The van der Waals surface area contributed by atoms with Crippen molar-refractivity contribution in [3.8, 4) is 0 Å². The van der Waals surface area contributed by atoms with Gasteiger partial charge in [0.2, 0.25) is 0 Å². The van der Waals surface area contributed by atoms with Crippen LogP contribution < -0.4 is 5.32 Å². The maximum absolute atomic E-state index is 4.45. The first-order valence-electron chi connectivity index (χ1n) is 6.52. The normalized spacial score (nSPS) is 20.9. The van der Waals surface area contributed by atoms with Gasteiger partial charge in [-0.15, -0.1) is 0 Å². The van der Waals surface area contributed by atoms with E-state index < -0.39 is 0 Å². The second kappa shape index (κ2) is 6.07. The summed E-state index contributed by atoms with van der Waals surface area (Å²) in [5.41, 5.74) is 1.13. The Bertz CT molecular complexity index is 353. The molecule has 4 heteroatoms. The van der Waals surface area contributed by atoms with Crippen molar-refractivity contribution in [2.45, 2.75) is 39.3 Å². The number of nitrogens with one attached hydrogen (secondary N) is 1. The van der Waals surface area contributed by atoms with E-state index in [-0.39, 0.29) is 0 Å². The lowest BCUT2D eigenvalue weighted by Gasteiger charge is -2.16. The van der Waals surface area contributed by atoms with E-state index in [0.717, 1.165) is 31.2 Å². The quantitative estimate of drug-likeness (QED) is 0.835. The molecule has 0 aromatic carbocycles. The molecule has 1 aromatic heterocycles. The Morgan fingerprint density at radius 3 is 3.18 bits per heavy atom. The van der Waals surface area contributed by atoms with Crippen LogP contribution in [-0.2, 0) is 6.54 Å². The van der Waals surface area contributed by atoms with Crippen LogP contribution in [0.1, 0.15) is 31.3 Å². The molecule has 0 amide bonds. The van der Waals surface area contributed by atoms with Crippen molar-refractivity contribution in [2.75, 3.05) is 19.6 Å². The molecule has 1 fully saturated rings. The average Bonchev–Trinajstić information content (AvgIpc) is 2.74. The number of likely N-dealkylation sites (tertiary alicyclic amines) is 1. The minimum Gasteiger partial charge on any atom is -0.313 e. The van der Waals surface area contributed by atoms with E-state index in [1.807, 2.05) is 19.2 Å². The fourth-order valence-corrected chi connectivity index (χ4v) is 2.31. The molecule has 0 bridgehead atoms. The Kier molecular flexibility index (Phi) is 4.45. The number of hydrogen-bond acceptors (Lipinski definition) is 4. The average molecular weight is 234 g/mol. The molecule has 4 nitrogen and oxygen atoms in total. The first kappa shape index (κ1) is 12.5.